The maximum absolute atomic E-state index is 12.8. The number of amides is 1. The van der Waals surface area contributed by atoms with Gasteiger partial charge in [-0.3, -0.25) is 9.69 Å². The number of thioether (sulfide) groups is 1. The van der Waals surface area contributed by atoms with Gasteiger partial charge in [-0.1, -0.05) is 59.0 Å². The van der Waals surface area contributed by atoms with Crippen molar-refractivity contribution >= 4 is 67.9 Å². The highest BCUT2D eigenvalue weighted by Gasteiger charge is 2.33. The number of rotatable bonds is 6. The summed E-state index contributed by atoms with van der Waals surface area (Å²) in [4.78, 5) is 26.0. The van der Waals surface area contributed by atoms with Gasteiger partial charge in [-0.15, -0.1) is 0 Å². The van der Waals surface area contributed by atoms with Gasteiger partial charge in [0.25, 0.3) is 5.91 Å². The van der Waals surface area contributed by atoms with Crippen LogP contribution in [0.2, 0.25) is 0 Å². The molecule has 5 nitrogen and oxygen atoms in total. The summed E-state index contributed by atoms with van der Waals surface area (Å²) in [6.45, 7) is 1.75. The lowest BCUT2D eigenvalue weighted by atomic mass is 10.2. The van der Waals surface area contributed by atoms with Crippen molar-refractivity contribution in [2.24, 2.45) is 0 Å². The summed E-state index contributed by atoms with van der Waals surface area (Å²) in [6.07, 6.45) is 1.17. The average Bonchev–Trinajstić information content (AvgIpc) is 2.94. The second-order valence-corrected chi connectivity index (χ2v) is 8.51. The Morgan fingerprint density at radius 1 is 1.32 bits per heavy atom. The summed E-state index contributed by atoms with van der Waals surface area (Å²) in [5.74, 6) is -0.768. The van der Waals surface area contributed by atoms with E-state index < -0.39 is 12.1 Å². The lowest BCUT2D eigenvalue weighted by molar-refractivity contribution is -0.145. The smallest absolute Gasteiger partial charge is 0.344 e. The molecule has 2 aromatic rings. The first-order valence-corrected chi connectivity index (χ1v) is 10.4. The van der Waals surface area contributed by atoms with Gasteiger partial charge in [0.05, 0.1) is 10.6 Å². The van der Waals surface area contributed by atoms with E-state index in [9.17, 15) is 9.59 Å². The fourth-order valence-corrected chi connectivity index (χ4v) is 4.15. The summed E-state index contributed by atoms with van der Waals surface area (Å²) in [5.41, 5.74) is 1.44. The maximum atomic E-state index is 12.8. The Hall–Kier alpha value is -2.16. The van der Waals surface area contributed by atoms with Crippen LogP contribution in [0, 0.1) is 0 Å². The molecule has 1 heterocycles. The average molecular weight is 478 g/mol. The number of carbonyl (C=O) groups is 2. The van der Waals surface area contributed by atoms with E-state index in [1.54, 1.807) is 31.2 Å². The maximum Gasteiger partial charge on any atom is 0.344 e. The quantitative estimate of drug-likeness (QED) is 0.461. The molecule has 1 aliphatic rings. The van der Waals surface area contributed by atoms with Gasteiger partial charge in [0.2, 0.25) is 0 Å². The van der Waals surface area contributed by atoms with Crippen molar-refractivity contribution < 1.29 is 19.4 Å². The fourth-order valence-electron chi connectivity index (χ4n) is 2.58. The number of hydrogen-bond acceptors (Lipinski definition) is 5. The van der Waals surface area contributed by atoms with Crippen LogP contribution in [0.1, 0.15) is 18.9 Å². The molecule has 0 aliphatic carbocycles. The standard InChI is InChI=1S/C20H16BrNO4S2/c1-2-16(19(24)25)26-15-5-3-4-12(10-15)11-17-18(23)22(20(27)28-17)14-8-6-13(21)7-9-14/h3-11,16H,2H2,1H3,(H,24,25)/b17-11+. The summed E-state index contributed by atoms with van der Waals surface area (Å²) in [7, 11) is 0. The van der Waals surface area contributed by atoms with E-state index in [1.165, 1.54) is 16.7 Å². The molecule has 0 aromatic heterocycles. The van der Waals surface area contributed by atoms with Crippen LogP contribution >= 0.6 is 39.9 Å². The second-order valence-electron chi connectivity index (χ2n) is 5.92. The Morgan fingerprint density at radius 2 is 2.04 bits per heavy atom. The highest BCUT2D eigenvalue weighted by molar-refractivity contribution is 9.10. The minimum atomic E-state index is -1.01. The van der Waals surface area contributed by atoms with Crippen molar-refractivity contribution in [3.8, 4) is 5.75 Å². The lowest BCUT2D eigenvalue weighted by Gasteiger charge is -2.14. The van der Waals surface area contributed by atoms with Crippen molar-refractivity contribution in [3.05, 3.63) is 63.5 Å². The summed E-state index contributed by atoms with van der Waals surface area (Å²) in [6, 6.07) is 14.3. The van der Waals surface area contributed by atoms with Crippen LogP contribution in [0.25, 0.3) is 6.08 Å². The molecule has 0 spiro atoms. The molecular formula is C20H16BrNO4S2. The number of aliphatic carboxylic acids is 1. The molecule has 1 aliphatic heterocycles. The Bertz CT molecular complexity index is 959. The van der Waals surface area contributed by atoms with Gasteiger partial charge in [0.1, 0.15) is 5.75 Å². The van der Waals surface area contributed by atoms with Gasteiger partial charge in [0, 0.05) is 4.47 Å². The highest BCUT2D eigenvalue weighted by atomic mass is 79.9. The lowest BCUT2D eigenvalue weighted by Crippen LogP contribution is -2.27. The number of halogens is 1. The van der Waals surface area contributed by atoms with E-state index >= 15 is 0 Å². The normalized spacial score (nSPS) is 16.5. The molecule has 1 amide bonds. The number of thiocarbonyl (C=S) groups is 1. The SMILES string of the molecule is CCC(Oc1cccc(/C=C2/SC(=S)N(c3ccc(Br)cc3)C2=O)c1)C(=O)O. The van der Waals surface area contributed by atoms with E-state index in [0.717, 1.165) is 10.0 Å². The molecule has 1 fully saturated rings. The molecular weight excluding hydrogens is 462 g/mol. The Labute approximate surface area is 180 Å². The second kappa shape index (κ2) is 8.89. The first-order chi connectivity index (χ1) is 13.4. The molecule has 1 unspecified atom stereocenters. The first-order valence-electron chi connectivity index (χ1n) is 8.42. The van der Waals surface area contributed by atoms with E-state index in [4.69, 9.17) is 22.1 Å². The summed E-state index contributed by atoms with van der Waals surface area (Å²) < 4.78 is 6.90. The third kappa shape index (κ3) is 4.63. The fraction of sp³-hybridized carbons (Fsp3) is 0.150. The number of anilines is 1. The molecule has 0 bridgehead atoms. The Balaban J connectivity index is 1.83. The van der Waals surface area contributed by atoms with Gasteiger partial charge in [-0.25, -0.2) is 4.79 Å². The molecule has 3 rings (SSSR count). The summed E-state index contributed by atoms with van der Waals surface area (Å²) >= 11 is 9.98. The minimum Gasteiger partial charge on any atom is -0.479 e. The van der Waals surface area contributed by atoms with Crippen molar-refractivity contribution in [1.82, 2.24) is 0 Å². The van der Waals surface area contributed by atoms with Gasteiger partial charge >= 0.3 is 5.97 Å². The monoisotopic (exact) mass is 477 g/mol. The molecule has 1 atom stereocenters. The van der Waals surface area contributed by atoms with Crippen LogP contribution in [-0.2, 0) is 9.59 Å². The van der Waals surface area contributed by atoms with Crippen molar-refractivity contribution in [3.63, 3.8) is 0 Å². The number of carbonyl (C=O) groups excluding carboxylic acids is 1. The third-order valence-corrected chi connectivity index (χ3v) is 5.79. The highest BCUT2D eigenvalue weighted by Crippen LogP contribution is 2.36. The number of benzene rings is 2. The van der Waals surface area contributed by atoms with Gasteiger partial charge in [-0.05, 0) is 54.5 Å². The zero-order chi connectivity index (χ0) is 20.3. The van der Waals surface area contributed by atoms with E-state index in [0.29, 0.717) is 27.1 Å². The molecule has 28 heavy (non-hydrogen) atoms. The molecule has 8 heteroatoms. The zero-order valence-corrected chi connectivity index (χ0v) is 18.0. The number of ether oxygens (including phenoxy) is 1. The van der Waals surface area contributed by atoms with Gasteiger partial charge in [-0.2, -0.15) is 0 Å². The molecule has 1 saturated heterocycles. The zero-order valence-electron chi connectivity index (χ0n) is 14.8. The largest absolute Gasteiger partial charge is 0.479 e. The molecule has 0 radical (unpaired) electrons. The summed E-state index contributed by atoms with van der Waals surface area (Å²) in [5, 5.41) is 9.14. The predicted molar refractivity (Wildman–Crippen MR) is 119 cm³/mol. The number of nitrogens with zero attached hydrogens (tertiary/aromatic N) is 1. The molecule has 2 aromatic carbocycles. The minimum absolute atomic E-state index is 0.194. The van der Waals surface area contributed by atoms with E-state index in [-0.39, 0.29) is 5.91 Å². The third-order valence-electron chi connectivity index (χ3n) is 3.96. The van der Waals surface area contributed by atoms with Gasteiger partial charge in [0.15, 0.2) is 10.4 Å². The van der Waals surface area contributed by atoms with Crippen LogP contribution in [0.3, 0.4) is 0 Å². The molecule has 1 N–H and O–H groups in total. The van der Waals surface area contributed by atoms with Crippen LogP contribution in [-0.4, -0.2) is 27.4 Å². The van der Waals surface area contributed by atoms with Crippen molar-refractivity contribution in [2.45, 2.75) is 19.4 Å². The molecule has 0 saturated carbocycles. The van der Waals surface area contributed by atoms with Crippen LogP contribution in [0.5, 0.6) is 5.75 Å². The Kier molecular flexibility index (Phi) is 6.53. The number of hydrogen-bond donors (Lipinski definition) is 1. The van der Waals surface area contributed by atoms with Crippen molar-refractivity contribution in [2.75, 3.05) is 4.90 Å². The van der Waals surface area contributed by atoms with Crippen LogP contribution in [0.4, 0.5) is 5.69 Å². The first kappa shape index (κ1) is 20.6. The van der Waals surface area contributed by atoms with Gasteiger partial charge < -0.3 is 9.84 Å². The van der Waals surface area contributed by atoms with E-state index in [2.05, 4.69) is 15.9 Å². The predicted octanol–water partition coefficient (Wildman–Crippen LogP) is 5.10. The van der Waals surface area contributed by atoms with Crippen molar-refractivity contribution in [1.29, 1.82) is 0 Å². The topological polar surface area (TPSA) is 66.8 Å². The van der Waals surface area contributed by atoms with Crippen LogP contribution in [0.15, 0.2) is 57.9 Å². The van der Waals surface area contributed by atoms with E-state index in [1.807, 2.05) is 30.3 Å². The number of carboxylic acid groups (broad SMARTS) is 1. The number of carboxylic acids is 1. The molecule has 144 valence electrons. The van der Waals surface area contributed by atoms with Crippen LogP contribution < -0.4 is 9.64 Å². The Morgan fingerprint density at radius 3 is 2.68 bits per heavy atom.